The third kappa shape index (κ3) is 2.12. The Labute approximate surface area is 83.1 Å². The molecular weight excluding hydrogens is 178 g/mol. The van der Waals surface area contributed by atoms with Crippen LogP contribution in [0, 0.1) is 0 Å². The van der Waals surface area contributed by atoms with E-state index >= 15 is 0 Å². The molecule has 0 radical (unpaired) electrons. The first-order chi connectivity index (χ1) is 6.88. The van der Waals surface area contributed by atoms with Crippen molar-refractivity contribution in [1.82, 2.24) is 5.32 Å². The van der Waals surface area contributed by atoms with E-state index in [2.05, 4.69) is 5.32 Å². The highest BCUT2D eigenvalue weighted by Crippen LogP contribution is 2.15. The van der Waals surface area contributed by atoms with Crippen LogP contribution < -0.4 is 10.1 Å². The Morgan fingerprint density at radius 2 is 2.43 bits per heavy atom. The van der Waals surface area contributed by atoms with Gasteiger partial charge < -0.3 is 10.1 Å². The summed E-state index contributed by atoms with van der Waals surface area (Å²) in [4.78, 5) is 10.5. The summed E-state index contributed by atoms with van der Waals surface area (Å²) < 4.78 is 5.70. The predicted molar refractivity (Wildman–Crippen MR) is 53.7 cm³/mol. The summed E-state index contributed by atoms with van der Waals surface area (Å²) in [6.07, 6.45) is 2.11. The number of nitrogens with one attached hydrogen (secondary N) is 1. The molecule has 0 unspecified atom stereocenters. The fourth-order valence-electron chi connectivity index (χ4n) is 1.58. The van der Waals surface area contributed by atoms with E-state index in [0.29, 0.717) is 5.56 Å². The Morgan fingerprint density at radius 1 is 1.50 bits per heavy atom. The monoisotopic (exact) mass is 191 g/mol. The van der Waals surface area contributed by atoms with Crippen LogP contribution in [0.3, 0.4) is 0 Å². The molecule has 0 amide bonds. The van der Waals surface area contributed by atoms with Crippen molar-refractivity contribution in [1.29, 1.82) is 0 Å². The molecule has 1 aliphatic rings. The van der Waals surface area contributed by atoms with Gasteiger partial charge in [0.15, 0.2) is 0 Å². The second-order valence-corrected chi connectivity index (χ2v) is 3.42. The minimum Gasteiger partial charge on any atom is -0.489 e. The molecule has 1 aliphatic heterocycles. The Balaban J connectivity index is 2.04. The average Bonchev–Trinajstić information content (AvgIpc) is 2.71. The molecule has 1 saturated heterocycles. The van der Waals surface area contributed by atoms with Gasteiger partial charge in [-0.3, -0.25) is 4.79 Å². The van der Waals surface area contributed by atoms with Gasteiger partial charge in [-0.25, -0.2) is 0 Å². The van der Waals surface area contributed by atoms with Gasteiger partial charge in [-0.1, -0.05) is 12.1 Å². The Hall–Kier alpha value is -1.35. The van der Waals surface area contributed by atoms with Crippen molar-refractivity contribution in [2.24, 2.45) is 0 Å². The highest BCUT2D eigenvalue weighted by atomic mass is 16.5. The number of aldehydes is 1. The molecule has 3 heteroatoms. The molecule has 1 heterocycles. The van der Waals surface area contributed by atoms with Gasteiger partial charge in [0.2, 0.25) is 0 Å². The van der Waals surface area contributed by atoms with Gasteiger partial charge in [-0.15, -0.1) is 0 Å². The van der Waals surface area contributed by atoms with E-state index in [4.69, 9.17) is 4.74 Å². The third-order valence-electron chi connectivity index (χ3n) is 2.31. The van der Waals surface area contributed by atoms with Crippen LogP contribution in [0.5, 0.6) is 5.75 Å². The SMILES string of the molecule is O=Cc1cccc(O[C@@H]2CCNC2)c1. The zero-order valence-electron chi connectivity index (χ0n) is 7.90. The lowest BCUT2D eigenvalue weighted by Crippen LogP contribution is -2.19. The predicted octanol–water partition coefficient (Wildman–Crippen LogP) is 1.24. The summed E-state index contributed by atoms with van der Waals surface area (Å²) >= 11 is 0. The molecule has 1 N–H and O–H groups in total. The molecule has 0 bridgehead atoms. The van der Waals surface area contributed by atoms with E-state index < -0.39 is 0 Å². The first kappa shape index (κ1) is 9.21. The van der Waals surface area contributed by atoms with Gasteiger partial charge in [0.1, 0.15) is 18.1 Å². The van der Waals surface area contributed by atoms with E-state index in [1.807, 2.05) is 12.1 Å². The van der Waals surface area contributed by atoms with E-state index in [-0.39, 0.29) is 6.10 Å². The van der Waals surface area contributed by atoms with Crippen molar-refractivity contribution >= 4 is 6.29 Å². The highest BCUT2D eigenvalue weighted by molar-refractivity contribution is 5.75. The Kier molecular flexibility index (Phi) is 2.79. The van der Waals surface area contributed by atoms with Gasteiger partial charge in [-0.2, -0.15) is 0 Å². The second-order valence-electron chi connectivity index (χ2n) is 3.42. The van der Waals surface area contributed by atoms with Crippen molar-refractivity contribution in [3.63, 3.8) is 0 Å². The zero-order chi connectivity index (χ0) is 9.80. The molecule has 1 atom stereocenters. The zero-order valence-corrected chi connectivity index (χ0v) is 7.90. The molecule has 74 valence electrons. The molecule has 2 rings (SSSR count). The largest absolute Gasteiger partial charge is 0.489 e. The fourth-order valence-corrected chi connectivity index (χ4v) is 1.58. The van der Waals surface area contributed by atoms with Crippen LogP contribution in [0.2, 0.25) is 0 Å². The summed E-state index contributed by atoms with van der Waals surface area (Å²) in [5.74, 6) is 0.781. The molecule has 1 fully saturated rings. The molecule has 0 aromatic heterocycles. The molecule has 0 aliphatic carbocycles. The van der Waals surface area contributed by atoms with Crippen molar-refractivity contribution in [2.75, 3.05) is 13.1 Å². The third-order valence-corrected chi connectivity index (χ3v) is 2.31. The quantitative estimate of drug-likeness (QED) is 0.730. The molecule has 1 aromatic carbocycles. The molecular formula is C11H13NO2. The van der Waals surface area contributed by atoms with Crippen LogP contribution >= 0.6 is 0 Å². The van der Waals surface area contributed by atoms with Crippen LogP contribution in [0.15, 0.2) is 24.3 Å². The van der Waals surface area contributed by atoms with Crippen LogP contribution in [-0.2, 0) is 0 Å². The lowest BCUT2D eigenvalue weighted by atomic mass is 10.2. The average molecular weight is 191 g/mol. The summed E-state index contributed by atoms with van der Waals surface area (Å²) in [5, 5.41) is 3.23. The summed E-state index contributed by atoms with van der Waals surface area (Å²) in [6, 6.07) is 7.25. The molecule has 0 saturated carbocycles. The van der Waals surface area contributed by atoms with Gasteiger partial charge in [0, 0.05) is 12.1 Å². The standard InChI is InChI=1S/C11H13NO2/c13-8-9-2-1-3-10(6-9)14-11-4-5-12-7-11/h1-3,6,8,11-12H,4-5,7H2/t11-/m1/s1. The normalized spacial score (nSPS) is 20.7. The number of carbonyl (C=O) groups excluding carboxylic acids is 1. The van der Waals surface area contributed by atoms with Crippen molar-refractivity contribution in [3.8, 4) is 5.75 Å². The first-order valence-electron chi connectivity index (χ1n) is 4.81. The highest BCUT2D eigenvalue weighted by Gasteiger charge is 2.15. The van der Waals surface area contributed by atoms with E-state index in [9.17, 15) is 4.79 Å². The lowest BCUT2D eigenvalue weighted by Gasteiger charge is -2.12. The fraction of sp³-hybridized carbons (Fsp3) is 0.364. The van der Waals surface area contributed by atoms with Crippen LogP contribution in [0.4, 0.5) is 0 Å². The van der Waals surface area contributed by atoms with E-state index in [1.165, 1.54) is 0 Å². The van der Waals surface area contributed by atoms with Gasteiger partial charge in [0.25, 0.3) is 0 Å². The number of ether oxygens (including phenoxy) is 1. The minimum absolute atomic E-state index is 0.247. The Morgan fingerprint density at radius 3 is 3.14 bits per heavy atom. The molecule has 0 spiro atoms. The second kappa shape index (κ2) is 4.24. The van der Waals surface area contributed by atoms with Gasteiger partial charge in [0.05, 0.1) is 0 Å². The van der Waals surface area contributed by atoms with Crippen LogP contribution in [-0.4, -0.2) is 25.5 Å². The summed E-state index contributed by atoms with van der Waals surface area (Å²) in [7, 11) is 0. The van der Waals surface area contributed by atoms with Gasteiger partial charge in [-0.05, 0) is 25.1 Å². The van der Waals surface area contributed by atoms with E-state index in [0.717, 1.165) is 31.5 Å². The number of hydrogen-bond donors (Lipinski definition) is 1. The number of rotatable bonds is 3. The number of hydrogen-bond acceptors (Lipinski definition) is 3. The van der Waals surface area contributed by atoms with Crippen LogP contribution in [0.25, 0.3) is 0 Å². The van der Waals surface area contributed by atoms with E-state index in [1.54, 1.807) is 12.1 Å². The van der Waals surface area contributed by atoms with Crippen molar-refractivity contribution in [3.05, 3.63) is 29.8 Å². The molecule has 3 nitrogen and oxygen atoms in total. The molecule has 1 aromatic rings. The topological polar surface area (TPSA) is 38.3 Å². The summed E-state index contributed by atoms with van der Waals surface area (Å²) in [5.41, 5.74) is 0.661. The number of benzene rings is 1. The van der Waals surface area contributed by atoms with Gasteiger partial charge >= 0.3 is 0 Å². The van der Waals surface area contributed by atoms with Crippen molar-refractivity contribution in [2.45, 2.75) is 12.5 Å². The lowest BCUT2D eigenvalue weighted by molar-refractivity contribution is 0.112. The smallest absolute Gasteiger partial charge is 0.150 e. The first-order valence-corrected chi connectivity index (χ1v) is 4.81. The minimum atomic E-state index is 0.247. The van der Waals surface area contributed by atoms with Crippen molar-refractivity contribution < 1.29 is 9.53 Å². The maximum Gasteiger partial charge on any atom is 0.150 e. The molecule has 14 heavy (non-hydrogen) atoms. The maximum atomic E-state index is 10.5. The Bertz CT molecular complexity index is 319. The van der Waals surface area contributed by atoms with Crippen LogP contribution in [0.1, 0.15) is 16.8 Å². The number of carbonyl (C=O) groups is 1. The summed E-state index contributed by atoms with van der Waals surface area (Å²) in [6.45, 7) is 1.91. The maximum absolute atomic E-state index is 10.5.